The number of carbonyl (C=O) groups is 3. The Morgan fingerprint density at radius 1 is 0.944 bits per heavy atom. The Balaban J connectivity index is 2.90. The van der Waals surface area contributed by atoms with Gasteiger partial charge in [-0.05, 0) is 32.6 Å². The van der Waals surface area contributed by atoms with Crippen LogP contribution in [-0.2, 0) is 14.4 Å². The predicted octanol–water partition coefficient (Wildman–Crippen LogP) is 1.87. The summed E-state index contributed by atoms with van der Waals surface area (Å²) in [5.74, 6) is -0.894. The van der Waals surface area contributed by atoms with Gasteiger partial charge in [0.15, 0.2) is 0 Å². The Bertz CT molecular complexity index is 318. The van der Waals surface area contributed by atoms with E-state index in [0.717, 1.165) is 25.7 Å². The molecule has 1 N–H and O–H groups in total. The van der Waals surface area contributed by atoms with Crippen molar-refractivity contribution in [2.45, 2.75) is 58.9 Å². The number of rotatable bonds is 5. The molecular formula is C14H23NO3. The molecule has 1 saturated carbocycles. The van der Waals surface area contributed by atoms with Crippen LogP contribution in [0.25, 0.3) is 0 Å². The number of Topliss-reactive ketones (excluding diaryl/α,β-unsaturated/α-hetero) is 2. The molecule has 1 aliphatic rings. The summed E-state index contributed by atoms with van der Waals surface area (Å²) in [6.07, 6.45) is 5.41. The van der Waals surface area contributed by atoms with Crippen molar-refractivity contribution in [1.82, 2.24) is 5.32 Å². The topological polar surface area (TPSA) is 63.2 Å². The molecule has 0 saturated heterocycles. The zero-order valence-corrected chi connectivity index (χ0v) is 11.5. The van der Waals surface area contributed by atoms with Crippen LogP contribution in [0.3, 0.4) is 0 Å². The second-order valence-corrected chi connectivity index (χ2v) is 5.32. The summed E-state index contributed by atoms with van der Waals surface area (Å²) in [7, 11) is 0. The standard InChI is InChI=1S/C14H23NO3/c1-9(16)13(10(2)17)14(15-11(3)18)12-7-5-4-6-8-12/h12-14H,4-8H2,1-3H3,(H,15,18). The molecule has 0 radical (unpaired) electrons. The maximum absolute atomic E-state index is 11.7. The average molecular weight is 253 g/mol. The number of ketones is 2. The lowest BCUT2D eigenvalue weighted by molar-refractivity contribution is -0.133. The smallest absolute Gasteiger partial charge is 0.217 e. The van der Waals surface area contributed by atoms with Gasteiger partial charge in [0, 0.05) is 13.0 Å². The minimum absolute atomic E-state index is 0.146. The summed E-state index contributed by atoms with van der Waals surface area (Å²) in [5.41, 5.74) is 0. The normalized spacial score (nSPS) is 18.4. The van der Waals surface area contributed by atoms with Crippen LogP contribution in [0.15, 0.2) is 0 Å². The van der Waals surface area contributed by atoms with Crippen molar-refractivity contribution in [3.63, 3.8) is 0 Å². The van der Waals surface area contributed by atoms with Gasteiger partial charge in [0.1, 0.15) is 11.6 Å². The Hall–Kier alpha value is -1.19. The summed E-state index contributed by atoms with van der Waals surface area (Å²) in [6, 6.07) is -0.321. The number of nitrogens with one attached hydrogen (secondary N) is 1. The Kier molecular flexibility index (Phi) is 5.51. The lowest BCUT2D eigenvalue weighted by Crippen LogP contribution is -2.49. The van der Waals surface area contributed by atoms with Crippen molar-refractivity contribution >= 4 is 17.5 Å². The zero-order chi connectivity index (χ0) is 13.7. The monoisotopic (exact) mass is 253 g/mol. The molecule has 4 nitrogen and oxygen atoms in total. The predicted molar refractivity (Wildman–Crippen MR) is 69.0 cm³/mol. The highest BCUT2D eigenvalue weighted by atomic mass is 16.2. The molecule has 0 aromatic heterocycles. The molecule has 0 aromatic carbocycles. The first-order valence-electron chi connectivity index (χ1n) is 6.71. The van der Waals surface area contributed by atoms with E-state index in [9.17, 15) is 14.4 Å². The van der Waals surface area contributed by atoms with Crippen LogP contribution in [0, 0.1) is 11.8 Å². The minimum atomic E-state index is -0.683. The van der Waals surface area contributed by atoms with E-state index in [0.29, 0.717) is 0 Å². The Morgan fingerprint density at radius 2 is 1.44 bits per heavy atom. The van der Waals surface area contributed by atoms with Gasteiger partial charge in [0.25, 0.3) is 0 Å². The number of hydrogen-bond acceptors (Lipinski definition) is 3. The molecule has 0 bridgehead atoms. The summed E-state index contributed by atoms with van der Waals surface area (Å²) in [6.45, 7) is 4.31. The van der Waals surface area contributed by atoms with Crippen LogP contribution >= 0.6 is 0 Å². The van der Waals surface area contributed by atoms with Crippen molar-refractivity contribution in [3.05, 3.63) is 0 Å². The van der Waals surface area contributed by atoms with Crippen molar-refractivity contribution in [3.8, 4) is 0 Å². The third kappa shape index (κ3) is 3.93. The van der Waals surface area contributed by atoms with Crippen molar-refractivity contribution < 1.29 is 14.4 Å². The number of hydrogen-bond donors (Lipinski definition) is 1. The Labute approximate surface area is 109 Å². The number of carbonyl (C=O) groups excluding carboxylic acids is 3. The van der Waals surface area contributed by atoms with Crippen molar-refractivity contribution in [2.24, 2.45) is 11.8 Å². The highest BCUT2D eigenvalue weighted by Gasteiger charge is 2.36. The van der Waals surface area contributed by atoms with Crippen LogP contribution in [-0.4, -0.2) is 23.5 Å². The van der Waals surface area contributed by atoms with E-state index in [1.165, 1.54) is 27.2 Å². The lowest BCUT2D eigenvalue weighted by atomic mass is 9.76. The van der Waals surface area contributed by atoms with E-state index >= 15 is 0 Å². The molecule has 18 heavy (non-hydrogen) atoms. The van der Waals surface area contributed by atoms with E-state index in [4.69, 9.17) is 0 Å². The first kappa shape index (κ1) is 14.9. The minimum Gasteiger partial charge on any atom is -0.352 e. The zero-order valence-electron chi connectivity index (χ0n) is 11.5. The van der Waals surface area contributed by atoms with E-state index in [-0.39, 0.29) is 29.4 Å². The fraction of sp³-hybridized carbons (Fsp3) is 0.786. The van der Waals surface area contributed by atoms with Crippen LogP contribution in [0.1, 0.15) is 52.9 Å². The van der Waals surface area contributed by atoms with Gasteiger partial charge in [-0.1, -0.05) is 19.3 Å². The van der Waals surface area contributed by atoms with E-state index in [1.807, 2.05) is 0 Å². The van der Waals surface area contributed by atoms with Gasteiger partial charge in [0.2, 0.25) is 5.91 Å². The van der Waals surface area contributed by atoms with Crippen molar-refractivity contribution in [1.29, 1.82) is 0 Å². The summed E-state index contributed by atoms with van der Waals surface area (Å²) >= 11 is 0. The number of amides is 1. The first-order chi connectivity index (χ1) is 8.43. The van der Waals surface area contributed by atoms with Crippen LogP contribution in [0.2, 0.25) is 0 Å². The molecule has 102 valence electrons. The highest BCUT2D eigenvalue weighted by Crippen LogP contribution is 2.30. The van der Waals surface area contributed by atoms with Gasteiger partial charge in [0.05, 0.1) is 5.92 Å². The molecule has 1 amide bonds. The summed E-state index contributed by atoms with van der Waals surface area (Å²) in [4.78, 5) is 34.7. The molecule has 0 aliphatic heterocycles. The van der Waals surface area contributed by atoms with Crippen molar-refractivity contribution in [2.75, 3.05) is 0 Å². The van der Waals surface area contributed by atoms with E-state index in [1.54, 1.807) is 0 Å². The molecule has 1 fully saturated rings. The van der Waals surface area contributed by atoms with Crippen LogP contribution < -0.4 is 5.32 Å². The second kappa shape index (κ2) is 6.66. The van der Waals surface area contributed by atoms with E-state index in [2.05, 4.69) is 5.32 Å². The summed E-state index contributed by atoms with van der Waals surface area (Å²) in [5, 5.41) is 2.83. The summed E-state index contributed by atoms with van der Waals surface area (Å²) < 4.78 is 0. The Morgan fingerprint density at radius 3 is 1.83 bits per heavy atom. The molecule has 1 atom stereocenters. The molecule has 0 heterocycles. The lowest BCUT2D eigenvalue weighted by Gasteiger charge is -2.34. The maximum Gasteiger partial charge on any atom is 0.217 e. The maximum atomic E-state index is 11.7. The quantitative estimate of drug-likeness (QED) is 0.761. The molecular weight excluding hydrogens is 230 g/mol. The van der Waals surface area contributed by atoms with Gasteiger partial charge >= 0.3 is 0 Å². The van der Waals surface area contributed by atoms with Gasteiger partial charge < -0.3 is 5.32 Å². The molecule has 1 rings (SSSR count). The largest absolute Gasteiger partial charge is 0.352 e. The fourth-order valence-corrected chi connectivity index (χ4v) is 2.99. The second-order valence-electron chi connectivity index (χ2n) is 5.32. The van der Waals surface area contributed by atoms with Gasteiger partial charge in [-0.15, -0.1) is 0 Å². The fourth-order valence-electron chi connectivity index (χ4n) is 2.99. The molecule has 4 heteroatoms. The molecule has 0 spiro atoms. The van der Waals surface area contributed by atoms with Crippen LogP contribution in [0.5, 0.6) is 0 Å². The molecule has 1 aliphatic carbocycles. The van der Waals surface area contributed by atoms with Gasteiger partial charge in [-0.3, -0.25) is 14.4 Å². The average Bonchev–Trinajstić information content (AvgIpc) is 2.27. The van der Waals surface area contributed by atoms with Crippen LogP contribution in [0.4, 0.5) is 0 Å². The van der Waals surface area contributed by atoms with Gasteiger partial charge in [-0.25, -0.2) is 0 Å². The third-order valence-corrected chi connectivity index (χ3v) is 3.76. The SMILES string of the molecule is CC(=O)NC(C1CCCCC1)C(C(C)=O)C(C)=O. The third-order valence-electron chi connectivity index (χ3n) is 3.76. The highest BCUT2D eigenvalue weighted by molar-refractivity contribution is 6.01. The van der Waals surface area contributed by atoms with Gasteiger partial charge in [-0.2, -0.15) is 0 Å². The molecule has 0 aromatic rings. The first-order valence-corrected chi connectivity index (χ1v) is 6.71. The molecule has 1 unspecified atom stereocenters. The van der Waals surface area contributed by atoms with E-state index < -0.39 is 5.92 Å².